The van der Waals surface area contributed by atoms with Gasteiger partial charge in [-0.15, -0.1) is 0 Å². The molecule has 0 aliphatic carbocycles. The van der Waals surface area contributed by atoms with Crippen LogP contribution in [0.2, 0.25) is 0 Å². The number of hydrogen-bond acceptors (Lipinski definition) is 3. The van der Waals surface area contributed by atoms with E-state index in [-0.39, 0.29) is 18.3 Å². The van der Waals surface area contributed by atoms with Gasteiger partial charge in [-0.1, -0.05) is 31.2 Å². The number of hydrogen-bond donors (Lipinski definition) is 3. The number of rotatable bonds is 7. The summed E-state index contributed by atoms with van der Waals surface area (Å²) in [7, 11) is 0. The molecular weight excluding hydrogens is 328 g/mol. The Kier molecular flexibility index (Phi) is 6.71. The van der Waals surface area contributed by atoms with Crippen LogP contribution in [0.25, 0.3) is 0 Å². The van der Waals surface area contributed by atoms with Crippen LogP contribution in [0.15, 0.2) is 53.5 Å². The first kappa shape index (κ1) is 18.7. The van der Waals surface area contributed by atoms with Gasteiger partial charge >= 0.3 is 6.61 Å². The van der Waals surface area contributed by atoms with Gasteiger partial charge in [-0.2, -0.15) is 8.78 Å². The van der Waals surface area contributed by atoms with Gasteiger partial charge in [0.2, 0.25) is 0 Å². The van der Waals surface area contributed by atoms with Gasteiger partial charge in [0.25, 0.3) is 0 Å². The van der Waals surface area contributed by atoms with Crippen LogP contribution in [-0.2, 0) is 6.42 Å². The zero-order valence-electron chi connectivity index (χ0n) is 13.8. The number of nitrogens with one attached hydrogen (secondary N) is 1. The molecule has 7 heteroatoms. The largest absolute Gasteiger partial charge is 0.435 e. The molecule has 2 aromatic rings. The quantitative estimate of drug-likeness (QED) is 0.529. The summed E-state index contributed by atoms with van der Waals surface area (Å²) in [6.45, 7) is -0.868. The van der Waals surface area contributed by atoms with Gasteiger partial charge in [-0.25, -0.2) is 0 Å². The predicted molar refractivity (Wildman–Crippen MR) is 94.0 cm³/mol. The highest BCUT2D eigenvalue weighted by Crippen LogP contribution is 2.21. The van der Waals surface area contributed by atoms with E-state index in [1.807, 2.05) is 24.3 Å². The summed E-state index contributed by atoms with van der Waals surface area (Å²) in [6, 6.07) is 13.6. The Morgan fingerprint density at radius 3 is 2.72 bits per heavy atom. The average molecular weight is 349 g/mol. The highest BCUT2D eigenvalue weighted by atomic mass is 19.3. The fourth-order valence-corrected chi connectivity index (χ4v) is 2.24. The standard InChI is InChI=1S/C18H21F2N3O2/c1-2-12-5-3-7-14(9-12)23-18(21)22-11-16(24)13-6-4-8-15(10-13)25-17(19)20/h3-10,16-17,24H,2,11H2,1H3,(H3,21,22,23). The number of nitrogens with zero attached hydrogens (tertiary/aromatic N) is 1. The molecule has 0 aliphatic rings. The molecule has 0 fully saturated rings. The van der Waals surface area contributed by atoms with E-state index in [1.54, 1.807) is 6.07 Å². The van der Waals surface area contributed by atoms with Gasteiger partial charge in [-0.3, -0.25) is 4.99 Å². The molecule has 4 N–H and O–H groups in total. The normalized spacial score (nSPS) is 12.9. The van der Waals surface area contributed by atoms with E-state index in [0.717, 1.165) is 17.7 Å². The van der Waals surface area contributed by atoms with Crippen molar-refractivity contribution in [3.8, 4) is 5.75 Å². The molecule has 134 valence electrons. The number of nitrogens with two attached hydrogens (primary N) is 1. The number of alkyl halides is 2. The van der Waals surface area contributed by atoms with Crippen LogP contribution in [0.3, 0.4) is 0 Å². The third kappa shape index (κ3) is 6.04. The molecule has 0 aliphatic heterocycles. The Hall–Kier alpha value is -2.67. The Balaban J connectivity index is 1.97. The van der Waals surface area contributed by atoms with Gasteiger partial charge < -0.3 is 20.9 Å². The highest BCUT2D eigenvalue weighted by molar-refractivity contribution is 5.92. The molecular formula is C18H21F2N3O2. The number of benzene rings is 2. The maximum atomic E-state index is 12.2. The smallest absolute Gasteiger partial charge is 0.387 e. The third-order valence-electron chi connectivity index (χ3n) is 3.51. The molecule has 2 aromatic carbocycles. The predicted octanol–water partition coefficient (Wildman–Crippen LogP) is 3.31. The fraction of sp³-hybridized carbons (Fsp3) is 0.278. The van der Waals surface area contributed by atoms with Crippen molar-refractivity contribution in [2.45, 2.75) is 26.1 Å². The summed E-state index contributed by atoms with van der Waals surface area (Å²) < 4.78 is 28.8. The molecule has 0 saturated carbocycles. The number of anilines is 1. The Bertz CT molecular complexity index is 723. The van der Waals surface area contributed by atoms with Crippen LogP contribution in [0.4, 0.5) is 14.5 Å². The number of guanidine groups is 1. The second-order valence-electron chi connectivity index (χ2n) is 5.37. The van der Waals surface area contributed by atoms with Gasteiger partial charge in [0.05, 0.1) is 12.6 Å². The SMILES string of the molecule is CCc1cccc(NC(N)=NCC(O)c2cccc(OC(F)F)c2)c1. The molecule has 0 amide bonds. The van der Waals surface area contributed by atoms with Crippen molar-refractivity contribution in [2.75, 3.05) is 11.9 Å². The lowest BCUT2D eigenvalue weighted by molar-refractivity contribution is -0.0499. The molecule has 0 radical (unpaired) electrons. The number of aliphatic imine (C=N–C) groups is 1. The molecule has 0 bridgehead atoms. The number of aryl methyl sites for hydroxylation is 1. The van der Waals surface area contributed by atoms with Crippen LogP contribution in [0, 0.1) is 0 Å². The maximum Gasteiger partial charge on any atom is 0.387 e. The van der Waals surface area contributed by atoms with E-state index < -0.39 is 12.7 Å². The lowest BCUT2D eigenvalue weighted by atomic mass is 10.1. The van der Waals surface area contributed by atoms with Crippen LogP contribution in [0.5, 0.6) is 5.75 Å². The second kappa shape index (κ2) is 8.98. The van der Waals surface area contributed by atoms with Gasteiger partial charge in [0.1, 0.15) is 5.75 Å². The van der Waals surface area contributed by atoms with E-state index in [2.05, 4.69) is 22.0 Å². The van der Waals surface area contributed by atoms with Crippen molar-refractivity contribution >= 4 is 11.6 Å². The van der Waals surface area contributed by atoms with E-state index in [4.69, 9.17) is 5.73 Å². The molecule has 0 spiro atoms. The number of aliphatic hydroxyl groups is 1. The Morgan fingerprint density at radius 2 is 2.00 bits per heavy atom. The summed E-state index contributed by atoms with van der Waals surface area (Å²) in [5.41, 5.74) is 8.21. The average Bonchev–Trinajstić information content (AvgIpc) is 2.59. The lowest BCUT2D eigenvalue weighted by Gasteiger charge is -2.12. The van der Waals surface area contributed by atoms with Crippen molar-refractivity contribution < 1.29 is 18.6 Å². The van der Waals surface area contributed by atoms with Crippen LogP contribution >= 0.6 is 0 Å². The molecule has 0 heterocycles. The summed E-state index contributed by atoms with van der Waals surface area (Å²) >= 11 is 0. The van der Waals surface area contributed by atoms with Crippen LogP contribution < -0.4 is 15.8 Å². The lowest BCUT2D eigenvalue weighted by Crippen LogP contribution is -2.23. The van der Waals surface area contributed by atoms with Crippen molar-refractivity contribution in [1.82, 2.24) is 0 Å². The highest BCUT2D eigenvalue weighted by Gasteiger charge is 2.10. The van der Waals surface area contributed by atoms with E-state index in [9.17, 15) is 13.9 Å². The van der Waals surface area contributed by atoms with E-state index in [1.165, 1.54) is 18.2 Å². The second-order valence-corrected chi connectivity index (χ2v) is 5.37. The van der Waals surface area contributed by atoms with Crippen molar-refractivity contribution in [3.05, 3.63) is 59.7 Å². The molecule has 0 saturated heterocycles. The topological polar surface area (TPSA) is 79.9 Å². The van der Waals surface area contributed by atoms with Gasteiger partial charge in [0.15, 0.2) is 5.96 Å². The first-order valence-corrected chi connectivity index (χ1v) is 7.86. The first-order chi connectivity index (χ1) is 12.0. The van der Waals surface area contributed by atoms with Crippen molar-refractivity contribution in [1.29, 1.82) is 0 Å². The zero-order valence-corrected chi connectivity index (χ0v) is 13.8. The summed E-state index contributed by atoms with van der Waals surface area (Å²) in [5, 5.41) is 13.1. The third-order valence-corrected chi connectivity index (χ3v) is 3.51. The minimum atomic E-state index is -2.91. The Morgan fingerprint density at radius 1 is 1.24 bits per heavy atom. The molecule has 2 rings (SSSR count). The van der Waals surface area contributed by atoms with Gasteiger partial charge in [0, 0.05) is 5.69 Å². The van der Waals surface area contributed by atoms with Crippen LogP contribution in [0.1, 0.15) is 24.2 Å². The number of halogens is 2. The zero-order chi connectivity index (χ0) is 18.2. The van der Waals surface area contributed by atoms with Gasteiger partial charge in [-0.05, 0) is 41.8 Å². The summed E-state index contributed by atoms with van der Waals surface area (Å²) in [4.78, 5) is 4.09. The Labute approximate surface area is 145 Å². The van der Waals surface area contributed by atoms with E-state index >= 15 is 0 Å². The fourth-order valence-electron chi connectivity index (χ4n) is 2.24. The molecule has 1 unspecified atom stereocenters. The minimum absolute atomic E-state index is 0.00949. The summed E-state index contributed by atoms with van der Waals surface area (Å²) in [5.74, 6) is 0.144. The minimum Gasteiger partial charge on any atom is -0.435 e. The van der Waals surface area contributed by atoms with Crippen molar-refractivity contribution in [3.63, 3.8) is 0 Å². The number of aliphatic hydroxyl groups excluding tert-OH is 1. The molecule has 5 nitrogen and oxygen atoms in total. The molecule has 0 aromatic heterocycles. The first-order valence-electron chi connectivity index (χ1n) is 7.86. The monoisotopic (exact) mass is 349 g/mol. The van der Waals surface area contributed by atoms with E-state index in [0.29, 0.717) is 5.56 Å². The van der Waals surface area contributed by atoms with Crippen LogP contribution in [-0.4, -0.2) is 24.2 Å². The maximum absolute atomic E-state index is 12.2. The molecule has 25 heavy (non-hydrogen) atoms. The molecule has 1 atom stereocenters. The number of ether oxygens (including phenoxy) is 1. The van der Waals surface area contributed by atoms with Crippen molar-refractivity contribution in [2.24, 2.45) is 10.7 Å². The summed E-state index contributed by atoms with van der Waals surface area (Å²) in [6.07, 6.45) is -0.0778.